The summed E-state index contributed by atoms with van der Waals surface area (Å²) in [6, 6.07) is 4.43. The van der Waals surface area contributed by atoms with Gasteiger partial charge in [-0.25, -0.2) is 0 Å². The van der Waals surface area contributed by atoms with Crippen molar-refractivity contribution in [1.82, 2.24) is 14.9 Å². The summed E-state index contributed by atoms with van der Waals surface area (Å²) in [4.78, 5) is 45.3. The molecule has 8 nitrogen and oxygen atoms in total. The van der Waals surface area contributed by atoms with Gasteiger partial charge >= 0.3 is 5.97 Å². The van der Waals surface area contributed by atoms with Crippen LogP contribution in [0.3, 0.4) is 0 Å². The van der Waals surface area contributed by atoms with Crippen LogP contribution in [-0.2, 0) is 14.3 Å². The van der Waals surface area contributed by atoms with Crippen LogP contribution in [-0.4, -0.2) is 41.1 Å². The SMILES string of the molecule is COC(=O)C[C@H](NC(=O)[C@H](CC(C)C)n1ccc(C)cc1=O)c1cncc(N2CCCC[C@@H]2C)c1. The number of carbonyl (C=O) groups is 2. The minimum Gasteiger partial charge on any atom is -0.469 e. The molecule has 3 rings (SSSR count). The Hall–Kier alpha value is -3.16. The average Bonchev–Trinajstić information content (AvgIpc) is 2.82. The lowest BCUT2D eigenvalue weighted by molar-refractivity contribution is -0.141. The van der Waals surface area contributed by atoms with Gasteiger partial charge in [-0.2, -0.15) is 0 Å². The summed E-state index contributed by atoms with van der Waals surface area (Å²) < 4.78 is 6.39. The number of nitrogens with one attached hydrogen (secondary N) is 1. The van der Waals surface area contributed by atoms with E-state index in [9.17, 15) is 14.4 Å². The molecule has 2 aromatic heterocycles. The number of rotatable bonds is 9. The number of aryl methyl sites for hydroxylation is 1. The molecular formula is C27H38N4O4. The van der Waals surface area contributed by atoms with Crippen molar-refractivity contribution in [3.63, 3.8) is 0 Å². The van der Waals surface area contributed by atoms with Gasteiger partial charge < -0.3 is 19.5 Å². The smallest absolute Gasteiger partial charge is 0.307 e. The highest BCUT2D eigenvalue weighted by molar-refractivity contribution is 5.81. The number of piperidine rings is 1. The molecule has 3 atom stereocenters. The quantitative estimate of drug-likeness (QED) is 0.544. The number of hydrogen-bond donors (Lipinski definition) is 1. The Labute approximate surface area is 207 Å². The molecule has 35 heavy (non-hydrogen) atoms. The summed E-state index contributed by atoms with van der Waals surface area (Å²) in [6.07, 6.45) is 9.09. The zero-order chi connectivity index (χ0) is 25.5. The van der Waals surface area contributed by atoms with E-state index in [4.69, 9.17) is 4.74 Å². The van der Waals surface area contributed by atoms with Crippen LogP contribution < -0.4 is 15.8 Å². The minimum absolute atomic E-state index is 0.0277. The zero-order valence-electron chi connectivity index (χ0n) is 21.5. The topological polar surface area (TPSA) is 93.5 Å². The van der Waals surface area contributed by atoms with Gasteiger partial charge in [-0.3, -0.25) is 19.4 Å². The summed E-state index contributed by atoms with van der Waals surface area (Å²) in [5.41, 5.74) is 2.33. The number of amides is 1. The summed E-state index contributed by atoms with van der Waals surface area (Å²) in [5.74, 6) is -0.557. The third-order valence-electron chi connectivity index (χ3n) is 6.63. The summed E-state index contributed by atoms with van der Waals surface area (Å²) in [6.45, 7) is 9.03. The highest BCUT2D eigenvalue weighted by atomic mass is 16.5. The van der Waals surface area contributed by atoms with E-state index >= 15 is 0 Å². The first-order chi connectivity index (χ1) is 16.7. The molecule has 0 bridgehead atoms. The maximum atomic E-state index is 13.6. The van der Waals surface area contributed by atoms with Crippen molar-refractivity contribution in [2.75, 3.05) is 18.6 Å². The number of nitrogens with zero attached hydrogens (tertiary/aromatic N) is 3. The molecule has 190 valence electrons. The fourth-order valence-corrected chi connectivity index (χ4v) is 4.68. The molecule has 3 heterocycles. The van der Waals surface area contributed by atoms with Crippen LogP contribution in [0.5, 0.6) is 0 Å². The second-order valence-corrected chi connectivity index (χ2v) is 9.95. The predicted molar refractivity (Wildman–Crippen MR) is 136 cm³/mol. The minimum atomic E-state index is -0.693. The lowest BCUT2D eigenvalue weighted by Gasteiger charge is -2.35. The second-order valence-electron chi connectivity index (χ2n) is 9.95. The highest BCUT2D eigenvalue weighted by Gasteiger charge is 2.28. The van der Waals surface area contributed by atoms with Crippen LogP contribution in [0.1, 0.15) is 76.1 Å². The van der Waals surface area contributed by atoms with Crippen LogP contribution in [0.2, 0.25) is 0 Å². The second kappa shape index (κ2) is 12.0. The van der Waals surface area contributed by atoms with Crippen molar-refractivity contribution in [3.05, 3.63) is 58.3 Å². The summed E-state index contributed by atoms with van der Waals surface area (Å²) in [5, 5.41) is 3.03. The molecule has 0 aromatic carbocycles. The summed E-state index contributed by atoms with van der Waals surface area (Å²) >= 11 is 0. The lowest BCUT2D eigenvalue weighted by Crippen LogP contribution is -2.40. The van der Waals surface area contributed by atoms with E-state index in [2.05, 4.69) is 22.1 Å². The number of esters is 1. The molecule has 0 aliphatic carbocycles. The van der Waals surface area contributed by atoms with E-state index < -0.39 is 18.1 Å². The van der Waals surface area contributed by atoms with Gasteiger partial charge in [0.15, 0.2) is 0 Å². The van der Waals surface area contributed by atoms with Crippen LogP contribution in [0.15, 0.2) is 41.6 Å². The largest absolute Gasteiger partial charge is 0.469 e. The molecule has 0 saturated carbocycles. The molecule has 1 aliphatic rings. The van der Waals surface area contributed by atoms with E-state index in [0.29, 0.717) is 12.5 Å². The van der Waals surface area contributed by atoms with Crippen molar-refractivity contribution < 1.29 is 14.3 Å². The number of methoxy groups -OCH3 is 1. The van der Waals surface area contributed by atoms with Crippen LogP contribution >= 0.6 is 0 Å². The van der Waals surface area contributed by atoms with Gasteiger partial charge in [0.05, 0.1) is 31.5 Å². The average molecular weight is 483 g/mol. The molecule has 0 radical (unpaired) electrons. The number of carbonyl (C=O) groups excluding carboxylic acids is 2. The Balaban J connectivity index is 1.92. The van der Waals surface area contributed by atoms with E-state index in [1.54, 1.807) is 12.4 Å². The fourth-order valence-electron chi connectivity index (χ4n) is 4.68. The molecule has 1 fully saturated rings. The molecule has 8 heteroatoms. The molecule has 1 amide bonds. The molecule has 2 aromatic rings. The Bertz CT molecular complexity index is 1080. The standard InChI is InChI=1S/C27H38N4O4/c1-18(2)12-24(31-11-9-19(3)13-25(31)32)27(34)29-23(15-26(33)35-5)21-14-22(17-28-16-21)30-10-7-6-8-20(30)4/h9,11,13-14,16-18,20,23-24H,6-8,10,12,15H2,1-5H3,(H,29,34)/t20-,23-,24-/m0/s1. The molecule has 0 unspecified atom stereocenters. The van der Waals surface area contributed by atoms with E-state index in [1.807, 2.05) is 39.1 Å². The number of pyridine rings is 2. The first-order valence-electron chi connectivity index (χ1n) is 12.5. The lowest BCUT2D eigenvalue weighted by atomic mass is 9.99. The summed E-state index contributed by atoms with van der Waals surface area (Å²) in [7, 11) is 1.33. The maximum absolute atomic E-state index is 13.6. The van der Waals surface area contributed by atoms with Crippen LogP contribution in [0.25, 0.3) is 0 Å². The Morgan fingerprint density at radius 2 is 2.00 bits per heavy atom. The van der Waals surface area contributed by atoms with Crippen molar-refractivity contribution in [2.24, 2.45) is 5.92 Å². The van der Waals surface area contributed by atoms with Gasteiger partial charge in [-0.15, -0.1) is 0 Å². The highest BCUT2D eigenvalue weighted by Crippen LogP contribution is 2.28. The molecule has 0 spiro atoms. The Morgan fingerprint density at radius 3 is 2.66 bits per heavy atom. The Kier molecular flexibility index (Phi) is 9.07. The van der Waals surface area contributed by atoms with Gasteiger partial charge in [-0.1, -0.05) is 13.8 Å². The third-order valence-corrected chi connectivity index (χ3v) is 6.63. The first kappa shape index (κ1) is 26.4. The van der Waals surface area contributed by atoms with Crippen LogP contribution in [0, 0.1) is 12.8 Å². The van der Waals surface area contributed by atoms with Gasteiger partial charge in [-0.05, 0) is 68.7 Å². The fraction of sp³-hybridized carbons (Fsp3) is 0.556. The van der Waals surface area contributed by atoms with Crippen LogP contribution in [0.4, 0.5) is 5.69 Å². The Morgan fingerprint density at radius 1 is 1.23 bits per heavy atom. The zero-order valence-corrected chi connectivity index (χ0v) is 21.5. The number of hydrogen-bond acceptors (Lipinski definition) is 6. The number of anilines is 1. The van der Waals surface area contributed by atoms with E-state index in [0.717, 1.165) is 36.2 Å². The maximum Gasteiger partial charge on any atom is 0.307 e. The molecule has 1 N–H and O–H groups in total. The van der Waals surface area contributed by atoms with Gasteiger partial charge in [0.1, 0.15) is 6.04 Å². The first-order valence-corrected chi connectivity index (χ1v) is 12.5. The molecular weight excluding hydrogens is 444 g/mol. The molecule has 1 saturated heterocycles. The van der Waals surface area contributed by atoms with E-state index in [-0.39, 0.29) is 23.8 Å². The molecule has 1 aliphatic heterocycles. The van der Waals surface area contributed by atoms with Crippen molar-refractivity contribution in [1.29, 1.82) is 0 Å². The predicted octanol–water partition coefficient (Wildman–Crippen LogP) is 3.94. The van der Waals surface area contributed by atoms with Crippen molar-refractivity contribution in [3.8, 4) is 0 Å². The third kappa shape index (κ3) is 6.93. The van der Waals surface area contributed by atoms with Gasteiger partial charge in [0.25, 0.3) is 5.56 Å². The normalized spacial score (nSPS) is 17.7. The number of ether oxygens (including phenoxy) is 1. The van der Waals surface area contributed by atoms with Crippen molar-refractivity contribution in [2.45, 2.75) is 77.9 Å². The number of aromatic nitrogens is 2. The van der Waals surface area contributed by atoms with Gasteiger partial charge in [0.2, 0.25) is 5.91 Å². The van der Waals surface area contributed by atoms with Gasteiger partial charge in [0, 0.05) is 31.0 Å². The monoisotopic (exact) mass is 482 g/mol. The van der Waals surface area contributed by atoms with E-state index in [1.165, 1.54) is 24.2 Å². The van der Waals surface area contributed by atoms with Crippen molar-refractivity contribution >= 4 is 17.6 Å².